The third-order valence-electron chi connectivity index (χ3n) is 3.81. The summed E-state index contributed by atoms with van der Waals surface area (Å²) in [6.45, 7) is 5.02. The van der Waals surface area contributed by atoms with Crippen LogP contribution in [0.2, 0.25) is 0 Å². The molecule has 6 nitrogen and oxygen atoms in total. The number of sulfone groups is 1. The molecule has 2 aliphatic heterocycles. The Morgan fingerprint density at radius 1 is 1.32 bits per heavy atom. The predicted molar refractivity (Wildman–Crippen MR) is 71.7 cm³/mol. The van der Waals surface area contributed by atoms with E-state index in [1.165, 1.54) is 0 Å². The molecule has 0 bridgehead atoms. The maximum absolute atomic E-state index is 11.4. The molecular formula is C12H22N2O4S. The van der Waals surface area contributed by atoms with Crippen LogP contribution in [0.4, 0.5) is 0 Å². The maximum atomic E-state index is 11.4. The molecule has 0 aromatic carbocycles. The first kappa shape index (κ1) is 14.7. The van der Waals surface area contributed by atoms with Gasteiger partial charge in [0.05, 0.1) is 24.7 Å². The van der Waals surface area contributed by atoms with Gasteiger partial charge in [0, 0.05) is 32.2 Å². The molecule has 0 aromatic rings. The Kier molecular flexibility index (Phi) is 5.18. The van der Waals surface area contributed by atoms with Gasteiger partial charge in [-0.1, -0.05) is 0 Å². The van der Waals surface area contributed by atoms with Crippen molar-refractivity contribution in [2.45, 2.75) is 18.9 Å². The van der Waals surface area contributed by atoms with E-state index < -0.39 is 9.84 Å². The minimum atomic E-state index is -2.92. The lowest BCUT2D eigenvalue weighted by Gasteiger charge is -2.28. The fourth-order valence-corrected chi connectivity index (χ4v) is 4.40. The Morgan fingerprint density at radius 3 is 2.63 bits per heavy atom. The van der Waals surface area contributed by atoms with E-state index in [0.717, 1.165) is 45.7 Å². The van der Waals surface area contributed by atoms with E-state index in [9.17, 15) is 13.2 Å². The molecule has 0 aromatic heterocycles. The molecule has 0 saturated carbocycles. The zero-order chi connectivity index (χ0) is 13.7. The number of nitrogens with zero attached hydrogens (tertiary/aromatic N) is 2. The average molecular weight is 290 g/mol. The van der Waals surface area contributed by atoms with Gasteiger partial charge in [-0.05, 0) is 12.8 Å². The first-order chi connectivity index (χ1) is 9.11. The van der Waals surface area contributed by atoms with Crippen LogP contribution in [0.3, 0.4) is 0 Å². The lowest BCUT2D eigenvalue weighted by atomic mass is 10.2. The van der Waals surface area contributed by atoms with E-state index in [1.54, 1.807) is 4.90 Å². The highest BCUT2D eigenvalue weighted by Crippen LogP contribution is 2.16. The summed E-state index contributed by atoms with van der Waals surface area (Å²) in [7, 11) is -2.92. The molecule has 0 N–H and O–H groups in total. The SMILES string of the molecule is O=CN(CCCN1CCOCC1)C1CCS(=O)(=O)C1. The van der Waals surface area contributed by atoms with E-state index in [4.69, 9.17) is 4.74 Å². The summed E-state index contributed by atoms with van der Waals surface area (Å²) in [5.74, 6) is 0.342. The normalized spacial score (nSPS) is 27.3. The smallest absolute Gasteiger partial charge is 0.209 e. The molecule has 2 saturated heterocycles. The van der Waals surface area contributed by atoms with Crippen LogP contribution in [0.25, 0.3) is 0 Å². The van der Waals surface area contributed by atoms with Gasteiger partial charge in [0.25, 0.3) is 0 Å². The highest BCUT2D eigenvalue weighted by molar-refractivity contribution is 7.91. The van der Waals surface area contributed by atoms with Gasteiger partial charge >= 0.3 is 0 Å². The summed E-state index contributed by atoms with van der Waals surface area (Å²) in [5, 5.41) is 0. The number of carbonyl (C=O) groups excluding carboxylic acids is 1. The van der Waals surface area contributed by atoms with E-state index in [0.29, 0.717) is 13.0 Å². The van der Waals surface area contributed by atoms with Gasteiger partial charge < -0.3 is 9.64 Å². The number of ether oxygens (including phenoxy) is 1. The van der Waals surface area contributed by atoms with E-state index in [1.807, 2.05) is 0 Å². The standard InChI is InChI=1S/C12H22N2O4S/c15-11-14(12-2-9-19(16,17)10-12)4-1-3-13-5-7-18-8-6-13/h11-12H,1-10H2. The second-order valence-corrected chi connectivity index (χ2v) is 7.44. The van der Waals surface area contributed by atoms with Crippen LogP contribution in [0.15, 0.2) is 0 Å². The quantitative estimate of drug-likeness (QED) is 0.608. The molecule has 0 spiro atoms. The van der Waals surface area contributed by atoms with Gasteiger partial charge in [0.1, 0.15) is 0 Å². The predicted octanol–water partition coefficient (Wildman–Crippen LogP) is -0.646. The van der Waals surface area contributed by atoms with Crippen LogP contribution < -0.4 is 0 Å². The number of morpholine rings is 1. The highest BCUT2D eigenvalue weighted by Gasteiger charge is 2.31. The molecular weight excluding hydrogens is 268 g/mol. The number of amides is 1. The summed E-state index contributed by atoms with van der Waals surface area (Å²) < 4.78 is 28.1. The zero-order valence-corrected chi connectivity index (χ0v) is 12.0. The highest BCUT2D eigenvalue weighted by atomic mass is 32.2. The number of hydrogen-bond acceptors (Lipinski definition) is 5. The second kappa shape index (κ2) is 6.67. The van der Waals surface area contributed by atoms with Crippen molar-refractivity contribution in [1.29, 1.82) is 0 Å². The van der Waals surface area contributed by atoms with Gasteiger partial charge in [-0.2, -0.15) is 0 Å². The first-order valence-electron chi connectivity index (χ1n) is 6.82. The van der Waals surface area contributed by atoms with Crippen molar-refractivity contribution >= 4 is 16.2 Å². The maximum Gasteiger partial charge on any atom is 0.209 e. The van der Waals surface area contributed by atoms with Crippen molar-refractivity contribution in [3.05, 3.63) is 0 Å². The fraction of sp³-hybridized carbons (Fsp3) is 0.917. The summed E-state index contributed by atoms with van der Waals surface area (Å²) in [6, 6.07) is -0.118. The molecule has 0 radical (unpaired) electrons. The molecule has 1 unspecified atom stereocenters. The van der Waals surface area contributed by atoms with Gasteiger partial charge in [0.15, 0.2) is 9.84 Å². The minimum absolute atomic E-state index is 0.118. The largest absolute Gasteiger partial charge is 0.379 e. The molecule has 1 amide bonds. The number of rotatable bonds is 6. The van der Waals surface area contributed by atoms with Crippen LogP contribution >= 0.6 is 0 Å². The van der Waals surface area contributed by atoms with Gasteiger partial charge in [-0.3, -0.25) is 9.69 Å². The molecule has 110 valence electrons. The third-order valence-corrected chi connectivity index (χ3v) is 5.56. The Labute approximate surface area is 114 Å². The van der Waals surface area contributed by atoms with Crippen molar-refractivity contribution in [1.82, 2.24) is 9.80 Å². The second-order valence-electron chi connectivity index (χ2n) is 5.21. The minimum Gasteiger partial charge on any atom is -0.379 e. The van der Waals surface area contributed by atoms with Crippen LogP contribution in [0.5, 0.6) is 0 Å². The Hall–Kier alpha value is -0.660. The average Bonchev–Trinajstić information content (AvgIpc) is 2.76. The van der Waals surface area contributed by atoms with Crippen molar-refractivity contribution in [3.63, 3.8) is 0 Å². The Bertz CT molecular complexity index is 393. The molecule has 19 heavy (non-hydrogen) atoms. The third kappa shape index (κ3) is 4.43. The van der Waals surface area contributed by atoms with E-state index in [2.05, 4.69) is 4.90 Å². The number of carbonyl (C=O) groups is 1. The van der Waals surface area contributed by atoms with Crippen LogP contribution in [-0.2, 0) is 19.4 Å². The molecule has 7 heteroatoms. The lowest BCUT2D eigenvalue weighted by Crippen LogP contribution is -2.40. The van der Waals surface area contributed by atoms with Crippen LogP contribution in [0, 0.1) is 0 Å². The molecule has 0 aliphatic carbocycles. The fourth-order valence-electron chi connectivity index (χ4n) is 2.66. The van der Waals surface area contributed by atoms with E-state index >= 15 is 0 Å². The molecule has 2 aliphatic rings. The van der Waals surface area contributed by atoms with Crippen molar-refractivity contribution < 1.29 is 17.9 Å². The Morgan fingerprint density at radius 2 is 2.05 bits per heavy atom. The Balaban J connectivity index is 1.72. The van der Waals surface area contributed by atoms with Crippen LogP contribution in [0.1, 0.15) is 12.8 Å². The monoisotopic (exact) mass is 290 g/mol. The topological polar surface area (TPSA) is 66.9 Å². The van der Waals surface area contributed by atoms with Crippen LogP contribution in [-0.4, -0.2) is 81.6 Å². The summed E-state index contributed by atoms with van der Waals surface area (Å²) in [4.78, 5) is 15.1. The van der Waals surface area contributed by atoms with E-state index in [-0.39, 0.29) is 17.5 Å². The van der Waals surface area contributed by atoms with Crippen molar-refractivity contribution in [3.8, 4) is 0 Å². The van der Waals surface area contributed by atoms with Gasteiger partial charge in [-0.25, -0.2) is 8.42 Å². The zero-order valence-electron chi connectivity index (χ0n) is 11.2. The molecule has 2 rings (SSSR count). The first-order valence-corrected chi connectivity index (χ1v) is 8.64. The summed E-state index contributed by atoms with van der Waals surface area (Å²) in [5.41, 5.74) is 0. The van der Waals surface area contributed by atoms with Crippen molar-refractivity contribution in [2.24, 2.45) is 0 Å². The van der Waals surface area contributed by atoms with Gasteiger partial charge in [-0.15, -0.1) is 0 Å². The molecule has 2 fully saturated rings. The van der Waals surface area contributed by atoms with Gasteiger partial charge in [0.2, 0.25) is 6.41 Å². The summed E-state index contributed by atoms with van der Waals surface area (Å²) in [6.07, 6.45) is 2.26. The van der Waals surface area contributed by atoms with Crippen molar-refractivity contribution in [2.75, 3.05) is 50.9 Å². The summed E-state index contributed by atoms with van der Waals surface area (Å²) >= 11 is 0. The molecule has 2 heterocycles. The molecule has 1 atom stereocenters. The lowest BCUT2D eigenvalue weighted by molar-refractivity contribution is -0.119. The number of hydrogen-bond donors (Lipinski definition) is 0.